The van der Waals surface area contributed by atoms with Crippen LogP contribution in [0.2, 0.25) is 5.02 Å². The summed E-state index contributed by atoms with van der Waals surface area (Å²) in [5.74, 6) is 2.23. The predicted molar refractivity (Wildman–Crippen MR) is 141 cm³/mol. The summed E-state index contributed by atoms with van der Waals surface area (Å²) < 4.78 is 34.6. The zero-order valence-electron chi connectivity index (χ0n) is 20.9. The molecule has 7 heteroatoms. The van der Waals surface area contributed by atoms with Gasteiger partial charge in [-0.25, -0.2) is 13.1 Å². The molecule has 5 nitrogen and oxygen atoms in total. The molecule has 0 amide bonds. The maximum absolute atomic E-state index is 13.4. The maximum Gasteiger partial charge on any atom is 0.305 e. The largest absolute Gasteiger partial charge is 0.469 e. The molecule has 0 heterocycles. The van der Waals surface area contributed by atoms with Gasteiger partial charge in [0.05, 0.1) is 12.0 Å². The fourth-order valence-electron chi connectivity index (χ4n) is 7.53. The second-order valence-corrected chi connectivity index (χ2v) is 13.6. The highest BCUT2D eigenvalue weighted by Gasteiger charge is 2.51. The number of esters is 1. The van der Waals surface area contributed by atoms with Gasteiger partial charge < -0.3 is 4.74 Å². The van der Waals surface area contributed by atoms with Crippen molar-refractivity contribution in [1.82, 2.24) is 4.72 Å². The molecule has 194 valence electrons. The number of aryl methyl sites for hydroxylation is 1. The molecule has 0 saturated heterocycles. The van der Waals surface area contributed by atoms with E-state index in [1.165, 1.54) is 45.6 Å². The molecule has 1 N–H and O–H groups in total. The topological polar surface area (TPSA) is 72.5 Å². The molecule has 2 aromatic rings. The van der Waals surface area contributed by atoms with Gasteiger partial charge in [-0.2, -0.15) is 0 Å². The third kappa shape index (κ3) is 5.81. The van der Waals surface area contributed by atoms with Crippen LogP contribution in [0, 0.1) is 23.2 Å². The first-order chi connectivity index (χ1) is 17.2. The van der Waals surface area contributed by atoms with Crippen molar-refractivity contribution in [3.8, 4) is 0 Å². The van der Waals surface area contributed by atoms with Crippen LogP contribution in [0.4, 0.5) is 0 Å². The van der Waals surface area contributed by atoms with Gasteiger partial charge in [0.15, 0.2) is 0 Å². The number of ether oxygens (including phenoxy) is 1. The zero-order chi connectivity index (χ0) is 25.3. The van der Waals surface area contributed by atoms with Crippen molar-refractivity contribution in [2.75, 3.05) is 7.11 Å². The van der Waals surface area contributed by atoms with Crippen LogP contribution in [-0.2, 0) is 26.0 Å². The number of rotatable bonds is 10. The van der Waals surface area contributed by atoms with Crippen LogP contribution in [-0.4, -0.2) is 21.5 Å². The first-order valence-corrected chi connectivity index (χ1v) is 15.0. The van der Waals surface area contributed by atoms with Gasteiger partial charge in [0.2, 0.25) is 10.0 Å². The van der Waals surface area contributed by atoms with Crippen molar-refractivity contribution < 1.29 is 17.9 Å². The van der Waals surface area contributed by atoms with Crippen LogP contribution in [0.15, 0.2) is 53.4 Å². The van der Waals surface area contributed by atoms with Gasteiger partial charge in [-0.1, -0.05) is 35.9 Å². The fraction of sp³-hybridized carbons (Fsp3) is 0.552. The van der Waals surface area contributed by atoms with E-state index >= 15 is 0 Å². The summed E-state index contributed by atoms with van der Waals surface area (Å²) in [6, 6.07) is 14.3. The molecule has 0 aliphatic heterocycles. The van der Waals surface area contributed by atoms with Crippen molar-refractivity contribution in [2.24, 2.45) is 23.2 Å². The van der Waals surface area contributed by atoms with Crippen LogP contribution in [0.5, 0.6) is 0 Å². The number of methoxy groups -OCH3 is 1. The Labute approximate surface area is 220 Å². The third-order valence-corrected chi connectivity index (χ3v) is 10.4. The van der Waals surface area contributed by atoms with E-state index in [-0.39, 0.29) is 22.3 Å². The SMILES string of the molecule is COC(=O)CCCc1ccc(C(CC23CC4CC(CC(C4)C2)C3)NS(=O)(=O)c2ccc(Cl)cc2)cc1. The molecule has 4 bridgehead atoms. The van der Waals surface area contributed by atoms with E-state index in [9.17, 15) is 13.2 Å². The summed E-state index contributed by atoms with van der Waals surface area (Å²) in [5.41, 5.74) is 2.36. The number of hydrogen-bond acceptors (Lipinski definition) is 4. The molecule has 0 aromatic heterocycles. The Bertz CT molecular complexity index is 1140. The molecule has 4 saturated carbocycles. The van der Waals surface area contributed by atoms with Gasteiger partial charge in [0.25, 0.3) is 0 Å². The molecule has 1 atom stereocenters. The quantitative estimate of drug-likeness (QED) is 0.358. The fourth-order valence-corrected chi connectivity index (χ4v) is 8.88. The van der Waals surface area contributed by atoms with E-state index < -0.39 is 10.0 Å². The van der Waals surface area contributed by atoms with E-state index in [1.54, 1.807) is 24.3 Å². The van der Waals surface area contributed by atoms with Crippen LogP contribution >= 0.6 is 11.6 Å². The Kier molecular flexibility index (Phi) is 7.49. The third-order valence-electron chi connectivity index (χ3n) is 8.68. The first kappa shape index (κ1) is 25.7. The molecule has 2 aromatic carbocycles. The number of halogens is 1. The van der Waals surface area contributed by atoms with Crippen molar-refractivity contribution in [2.45, 2.75) is 75.1 Å². The highest BCUT2D eigenvalue weighted by Crippen LogP contribution is 2.62. The monoisotopic (exact) mass is 529 g/mol. The lowest BCUT2D eigenvalue weighted by Crippen LogP contribution is -2.47. The molecular formula is C29H36ClNO4S. The Morgan fingerprint density at radius 3 is 2.14 bits per heavy atom. The Balaban J connectivity index is 1.37. The number of benzene rings is 2. The van der Waals surface area contributed by atoms with Gasteiger partial charge in [-0.05, 0) is 116 Å². The average molecular weight is 530 g/mol. The summed E-state index contributed by atoms with van der Waals surface area (Å²) in [7, 11) is -2.30. The van der Waals surface area contributed by atoms with E-state index in [2.05, 4.69) is 29.0 Å². The maximum atomic E-state index is 13.4. The highest BCUT2D eigenvalue weighted by molar-refractivity contribution is 7.89. The van der Waals surface area contributed by atoms with E-state index in [0.717, 1.165) is 48.1 Å². The lowest BCUT2D eigenvalue weighted by molar-refractivity contribution is -0.140. The van der Waals surface area contributed by atoms with Crippen LogP contribution in [0.25, 0.3) is 0 Å². The Hall–Kier alpha value is -1.89. The van der Waals surface area contributed by atoms with Gasteiger partial charge in [0, 0.05) is 17.5 Å². The summed E-state index contributed by atoms with van der Waals surface area (Å²) in [5, 5.41) is 0.516. The number of carbonyl (C=O) groups excluding carboxylic acids is 1. The molecule has 4 aliphatic rings. The average Bonchev–Trinajstić information content (AvgIpc) is 2.83. The molecule has 36 heavy (non-hydrogen) atoms. The number of hydrogen-bond donors (Lipinski definition) is 1. The number of sulfonamides is 1. The number of carbonyl (C=O) groups is 1. The van der Waals surface area contributed by atoms with Gasteiger partial charge in [-0.3, -0.25) is 4.79 Å². The van der Waals surface area contributed by atoms with Gasteiger partial charge in [0.1, 0.15) is 0 Å². The molecule has 0 spiro atoms. The van der Waals surface area contributed by atoms with Crippen LogP contribution < -0.4 is 4.72 Å². The molecular weight excluding hydrogens is 494 g/mol. The molecule has 4 aliphatic carbocycles. The zero-order valence-corrected chi connectivity index (χ0v) is 22.5. The molecule has 6 rings (SSSR count). The van der Waals surface area contributed by atoms with E-state index in [4.69, 9.17) is 16.3 Å². The minimum Gasteiger partial charge on any atom is -0.469 e. The lowest BCUT2D eigenvalue weighted by atomic mass is 9.48. The summed E-state index contributed by atoms with van der Waals surface area (Å²) in [4.78, 5) is 11.7. The molecule has 4 fully saturated rings. The summed E-state index contributed by atoms with van der Waals surface area (Å²) >= 11 is 6.00. The van der Waals surface area contributed by atoms with E-state index in [1.807, 2.05) is 0 Å². The Morgan fingerprint density at radius 2 is 1.58 bits per heavy atom. The second kappa shape index (κ2) is 10.5. The standard InChI is InChI=1S/C29H36ClNO4S/c1-35-28(32)4-2-3-20-5-7-24(8-6-20)27(31-36(33,34)26-11-9-25(30)10-12-26)19-29-16-21-13-22(17-29)15-23(14-21)18-29/h5-12,21-23,27,31H,2-4,13-19H2,1H3. The highest BCUT2D eigenvalue weighted by atomic mass is 35.5. The Morgan fingerprint density at radius 1 is 1.00 bits per heavy atom. The smallest absolute Gasteiger partial charge is 0.305 e. The first-order valence-electron chi connectivity index (χ1n) is 13.2. The van der Waals surface area contributed by atoms with Crippen LogP contribution in [0.3, 0.4) is 0 Å². The summed E-state index contributed by atoms with van der Waals surface area (Å²) in [6.07, 6.45) is 10.5. The van der Waals surface area contributed by atoms with Crippen molar-refractivity contribution in [3.63, 3.8) is 0 Å². The van der Waals surface area contributed by atoms with Crippen molar-refractivity contribution in [1.29, 1.82) is 0 Å². The number of nitrogens with one attached hydrogen (secondary N) is 1. The minimum absolute atomic E-state index is 0.195. The van der Waals surface area contributed by atoms with Crippen molar-refractivity contribution in [3.05, 3.63) is 64.7 Å². The van der Waals surface area contributed by atoms with Gasteiger partial charge in [-0.15, -0.1) is 0 Å². The normalized spacial score (nSPS) is 27.7. The van der Waals surface area contributed by atoms with E-state index in [0.29, 0.717) is 11.4 Å². The molecule has 0 radical (unpaired) electrons. The summed E-state index contributed by atoms with van der Waals surface area (Å²) in [6.45, 7) is 0. The predicted octanol–water partition coefficient (Wildman–Crippen LogP) is 6.46. The second-order valence-electron chi connectivity index (χ2n) is 11.4. The van der Waals surface area contributed by atoms with Crippen LogP contribution in [0.1, 0.15) is 75.0 Å². The van der Waals surface area contributed by atoms with Crippen molar-refractivity contribution >= 4 is 27.6 Å². The van der Waals surface area contributed by atoms with Gasteiger partial charge >= 0.3 is 5.97 Å². The minimum atomic E-state index is -3.70. The lowest BCUT2D eigenvalue weighted by Gasteiger charge is -2.57. The molecule has 1 unspecified atom stereocenters.